The number of aryl methyl sites for hydroxylation is 2. The van der Waals surface area contributed by atoms with Crippen molar-refractivity contribution in [3.05, 3.63) is 85.6 Å². The summed E-state index contributed by atoms with van der Waals surface area (Å²) in [4.78, 5) is 12.1. The Bertz CT molecular complexity index is 1040. The SMILES string of the molecule is Cc1ccc(-n2c(C)cc(/C=N/NC(=O)Cc3ccc(Br)cc3)c2C)cc1Br. The van der Waals surface area contributed by atoms with Crippen LogP contribution in [0.3, 0.4) is 0 Å². The lowest BCUT2D eigenvalue weighted by molar-refractivity contribution is -0.120. The molecule has 0 saturated heterocycles. The molecule has 1 N–H and O–H groups in total. The largest absolute Gasteiger partial charge is 0.318 e. The minimum Gasteiger partial charge on any atom is -0.318 e. The van der Waals surface area contributed by atoms with Crippen LogP contribution in [0.5, 0.6) is 0 Å². The average molecular weight is 503 g/mol. The molecule has 3 rings (SSSR count). The quantitative estimate of drug-likeness (QED) is 0.357. The standard InChI is InChI=1S/C22H21Br2N3O/c1-14-4-9-20(12-21(14)24)27-15(2)10-18(16(27)3)13-25-26-22(28)11-17-5-7-19(23)8-6-17/h4-10,12-13H,11H2,1-3H3,(H,26,28)/b25-13+. The number of carbonyl (C=O) groups excluding carboxylic acids is 1. The van der Waals surface area contributed by atoms with Crippen LogP contribution in [-0.4, -0.2) is 16.7 Å². The highest BCUT2D eigenvalue weighted by atomic mass is 79.9. The number of amides is 1. The average Bonchev–Trinajstić information content (AvgIpc) is 2.93. The van der Waals surface area contributed by atoms with Crippen LogP contribution in [-0.2, 0) is 11.2 Å². The topological polar surface area (TPSA) is 46.4 Å². The Balaban J connectivity index is 1.71. The van der Waals surface area contributed by atoms with Gasteiger partial charge in [-0.1, -0.05) is 50.1 Å². The molecule has 0 atom stereocenters. The zero-order valence-electron chi connectivity index (χ0n) is 16.0. The summed E-state index contributed by atoms with van der Waals surface area (Å²) in [5, 5.41) is 4.14. The normalized spacial score (nSPS) is 11.2. The molecule has 144 valence electrons. The smallest absolute Gasteiger partial charge is 0.244 e. The van der Waals surface area contributed by atoms with E-state index in [1.54, 1.807) is 6.21 Å². The summed E-state index contributed by atoms with van der Waals surface area (Å²) >= 11 is 6.99. The van der Waals surface area contributed by atoms with Gasteiger partial charge >= 0.3 is 0 Å². The zero-order chi connectivity index (χ0) is 20.3. The minimum atomic E-state index is -0.144. The van der Waals surface area contributed by atoms with E-state index in [9.17, 15) is 4.79 Å². The number of nitrogens with zero attached hydrogens (tertiary/aromatic N) is 2. The van der Waals surface area contributed by atoms with Crippen LogP contribution >= 0.6 is 31.9 Å². The molecular formula is C22H21Br2N3O. The molecule has 2 aromatic carbocycles. The van der Waals surface area contributed by atoms with E-state index in [1.807, 2.05) is 31.2 Å². The number of hydrogen-bond donors (Lipinski definition) is 1. The number of benzene rings is 2. The van der Waals surface area contributed by atoms with E-state index in [1.165, 1.54) is 5.56 Å². The lowest BCUT2D eigenvalue weighted by Gasteiger charge is -2.11. The molecule has 0 bridgehead atoms. The summed E-state index contributed by atoms with van der Waals surface area (Å²) in [6, 6.07) is 16.0. The summed E-state index contributed by atoms with van der Waals surface area (Å²) in [5.74, 6) is -0.144. The van der Waals surface area contributed by atoms with E-state index < -0.39 is 0 Å². The van der Waals surface area contributed by atoms with Crippen molar-refractivity contribution in [1.82, 2.24) is 9.99 Å². The van der Waals surface area contributed by atoms with Gasteiger partial charge in [-0.05, 0) is 62.2 Å². The third-order valence-corrected chi connectivity index (χ3v) is 5.94. The van der Waals surface area contributed by atoms with Gasteiger partial charge in [-0.25, -0.2) is 5.43 Å². The van der Waals surface area contributed by atoms with Gasteiger partial charge < -0.3 is 4.57 Å². The Morgan fingerprint density at radius 3 is 2.46 bits per heavy atom. The van der Waals surface area contributed by atoms with Gasteiger partial charge in [-0.3, -0.25) is 4.79 Å². The van der Waals surface area contributed by atoms with Crippen LogP contribution in [0, 0.1) is 20.8 Å². The summed E-state index contributed by atoms with van der Waals surface area (Å²) in [6.45, 7) is 6.17. The van der Waals surface area contributed by atoms with Gasteiger partial charge in [0.25, 0.3) is 0 Å². The van der Waals surface area contributed by atoms with Crippen molar-refractivity contribution < 1.29 is 4.79 Å². The summed E-state index contributed by atoms with van der Waals surface area (Å²) in [6.07, 6.45) is 1.99. The van der Waals surface area contributed by atoms with E-state index in [-0.39, 0.29) is 5.91 Å². The van der Waals surface area contributed by atoms with Crippen molar-refractivity contribution in [3.8, 4) is 5.69 Å². The van der Waals surface area contributed by atoms with Gasteiger partial charge in [0.1, 0.15) is 0 Å². The molecule has 4 nitrogen and oxygen atoms in total. The molecule has 28 heavy (non-hydrogen) atoms. The lowest BCUT2D eigenvalue weighted by atomic mass is 10.1. The first-order valence-corrected chi connectivity index (χ1v) is 10.5. The Labute approximate surface area is 181 Å². The first-order valence-electron chi connectivity index (χ1n) is 8.87. The molecule has 0 aliphatic carbocycles. The second kappa shape index (κ2) is 8.88. The van der Waals surface area contributed by atoms with Crippen LogP contribution in [0.1, 0.15) is 28.1 Å². The zero-order valence-corrected chi connectivity index (χ0v) is 19.1. The molecule has 1 heterocycles. The van der Waals surface area contributed by atoms with Crippen molar-refractivity contribution >= 4 is 44.0 Å². The van der Waals surface area contributed by atoms with Crippen LogP contribution in [0.2, 0.25) is 0 Å². The van der Waals surface area contributed by atoms with Gasteiger partial charge in [-0.15, -0.1) is 0 Å². The van der Waals surface area contributed by atoms with E-state index in [2.05, 4.69) is 85.1 Å². The van der Waals surface area contributed by atoms with Gasteiger partial charge in [0.15, 0.2) is 0 Å². The molecule has 6 heteroatoms. The molecule has 1 aromatic heterocycles. The molecule has 0 unspecified atom stereocenters. The number of carbonyl (C=O) groups is 1. The Morgan fingerprint density at radius 1 is 1.07 bits per heavy atom. The fourth-order valence-corrected chi connectivity index (χ4v) is 3.67. The third kappa shape index (κ3) is 4.80. The van der Waals surface area contributed by atoms with Crippen LogP contribution in [0.15, 0.2) is 62.6 Å². The number of hydrogen-bond acceptors (Lipinski definition) is 2. The van der Waals surface area contributed by atoms with Crippen molar-refractivity contribution in [2.24, 2.45) is 5.10 Å². The second-order valence-electron chi connectivity index (χ2n) is 6.69. The van der Waals surface area contributed by atoms with Gasteiger partial charge in [0.05, 0.1) is 12.6 Å². The van der Waals surface area contributed by atoms with Crippen molar-refractivity contribution in [2.45, 2.75) is 27.2 Å². The van der Waals surface area contributed by atoms with Crippen LogP contribution in [0.25, 0.3) is 5.69 Å². The maximum Gasteiger partial charge on any atom is 0.244 e. The molecule has 0 fully saturated rings. The molecular weight excluding hydrogens is 482 g/mol. The highest BCUT2D eigenvalue weighted by Crippen LogP contribution is 2.24. The van der Waals surface area contributed by atoms with E-state index in [0.717, 1.165) is 37.1 Å². The summed E-state index contributed by atoms with van der Waals surface area (Å²) in [7, 11) is 0. The Morgan fingerprint density at radius 2 is 1.79 bits per heavy atom. The monoisotopic (exact) mass is 501 g/mol. The second-order valence-corrected chi connectivity index (χ2v) is 8.46. The molecule has 0 saturated carbocycles. The highest BCUT2D eigenvalue weighted by Gasteiger charge is 2.10. The van der Waals surface area contributed by atoms with Crippen LogP contribution < -0.4 is 5.43 Å². The molecule has 0 radical (unpaired) electrons. The Hall–Kier alpha value is -2.18. The van der Waals surface area contributed by atoms with Crippen LogP contribution in [0.4, 0.5) is 0 Å². The third-order valence-electron chi connectivity index (χ3n) is 4.55. The van der Waals surface area contributed by atoms with E-state index in [0.29, 0.717) is 6.42 Å². The number of aromatic nitrogens is 1. The predicted molar refractivity (Wildman–Crippen MR) is 121 cm³/mol. The predicted octanol–water partition coefficient (Wildman–Crippen LogP) is 5.62. The first kappa shape index (κ1) is 20.6. The molecule has 3 aromatic rings. The number of hydrazone groups is 1. The maximum absolute atomic E-state index is 12.1. The highest BCUT2D eigenvalue weighted by molar-refractivity contribution is 9.10. The summed E-state index contributed by atoms with van der Waals surface area (Å²) < 4.78 is 4.24. The van der Waals surface area contributed by atoms with Crippen molar-refractivity contribution in [2.75, 3.05) is 0 Å². The van der Waals surface area contributed by atoms with Crippen molar-refractivity contribution in [1.29, 1.82) is 0 Å². The van der Waals surface area contributed by atoms with Crippen molar-refractivity contribution in [3.63, 3.8) is 0 Å². The number of halogens is 2. The van der Waals surface area contributed by atoms with E-state index >= 15 is 0 Å². The maximum atomic E-state index is 12.1. The molecule has 0 spiro atoms. The van der Waals surface area contributed by atoms with E-state index in [4.69, 9.17) is 0 Å². The minimum absolute atomic E-state index is 0.144. The Kier molecular flexibility index (Phi) is 6.52. The van der Waals surface area contributed by atoms with Gasteiger partial charge in [-0.2, -0.15) is 5.10 Å². The number of nitrogens with one attached hydrogen (secondary N) is 1. The molecule has 1 amide bonds. The molecule has 0 aliphatic rings. The molecule has 0 aliphatic heterocycles. The number of rotatable bonds is 5. The fraction of sp³-hybridized carbons (Fsp3) is 0.182. The summed E-state index contributed by atoms with van der Waals surface area (Å²) in [5.41, 5.74) is 8.98. The fourth-order valence-electron chi connectivity index (χ4n) is 3.04. The lowest BCUT2D eigenvalue weighted by Crippen LogP contribution is -2.19. The first-order chi connectivity index (χ1) is 13.3. The van der Waals surface area contributed by atoms with Gasteiger partial charge in [0.2, 0.25) is 5.91 Å². The van der Waals surface area contributed by atoms with Gasteiger partial charge in [0, 0.05) is 31.6 Å².